The van der Waals surface area contributed by atoms with Gasteiger partial charge in [-0.15, -0.1) is 0 Å². The van der Waals surface area contributed by atoms with Crippen LogP contribution in [-0.4, -0.2) is 24.9 Å². The predicted octanol–water partition coefficient (Wildman–Crippen LogP) is 3.08. The summed E-state index contributed by atoms with van der Waals surface area (Å²) in [6.45, 7) is 0.343. The fourth-order valence-corrected chi connectivity index (χ4v) is 2.56. The zero-order chi connectivity index (χ0) is 13.5. The van der Waals surface area contributed by atoms with Crippen LogP contribution in [-0.2, 0) is 0 Å². The van der Waals surface area contributed by atoms with Gasteiger partial charge in [-0.1, -0.05) is 0 Å². The summed E-state index contributed by atoms with van der Waals surface area (Å²) >= 11 is 0. The van der Waals surface area contributed by atoms with Gasteiger partial charge in [0.05, 0.1) is 12.2 Å². The summed E-state index contributed by atoms with van der Waals surface area (Å²) in [5.74, 6) is -1.62. The van der Waals surface area contributed by atoms with Gasteiger partial charge in [0.25, 0.3) is 0 Å². The summed E-state index contributed by atoms with van der Waals surface area (Å²) in [4.78, 5) is 11.4. The Balaban J connectivity index is 1.61. The van der Waals surface area contributed by atoms with Crippen molar-refractivity contribution in [2.24, 2.45) is 5.92 Å². The summed E-state index contributed by atoms with van der Waals surface area (Å²) in [7, 11) is 0. The molecule has 19 heavy (non-hydrogen) atoms. The fraction of sp³-hybridized carbons (Fsp3) is 0.500. The number of ether oxygens (including phenoxy) is 2. The maximum Gasteiger partial charge on any atom is 0.248 e. The first-order valence-corrected chi connectivity index (χ1v) is 6.34. The molecule has 5 heteroatoms. The topological polar surface area (TPSA) is 35.5 Å². The van der Waals surface area contributed by atoms with Crippen molar-refractivity contribution in [2.75, 3.05) is 13.2 Å². The Hall–Kier alpha value is -1.65. The molecule has 3 rings (SSSR count). The van der Waals surface area contributed by atoms with Crippen molar-refractivity contribution in [2.45, 2.75) is 25.2 Å². The number of benzene rings is 1. The van der Waals surface area contributed by atoms with E-state index in [-0.39, 0.29) is 37.8 Å². The summed E-state index contributed by atoms with van der Waals surface area (Å²) in [6.07, 6.45) is 0.336. The van der Waals surface area contributed by atoms with Crippen LogP contribution >= 0.6 is 0 Å². The third-order valence-electron chi connectivity index (χ3n) is 3.60. The standard InChI is InChI=1S/C14H14F2O3/c15-14(16)4-3-9(6-14)7-18-10-1-2-11-12(17)8-19-13(11)5-10/h1-2,5,9H,3-4,6-8H2. The average Bonchev–Trinajstić information content (AvgIpc) is 2.90. The van der Waals surface area contributed by atoms with Crippen molar-refractivity contribution in [3.05, 3.63) is 23.8 Å². The van der Waals surface area contributed by atoms with E-state index in [1.165, 1.54) is 0 Å². The molecule has 0 aromatic heterocycles. The second-order valence-corrected chi connectivity index (χ2v) is 5.15. The molecule has 1 saturated carbocycles. The van der Waals surface area contributed by atoms with Crippen LogP contribution in [0, 0.1) is 5.92 Å². The number of ketones is 1. The minimum absolute atomic E-state index is 0.0445. The van der Waals surface area contributed by atoms with Crippen molar-refractivity contribution in [3.63, 3.8) is 0 Å². The first-order chi connectivity index (χ1) is 9.03. The summed E-state index contributed by atoms with van der Waals surface area (Å²) in [5.41, 5.74) is 0.555. The van der Waals surface area contributed by atoms with Crippen molar-refractivity contribution in [1.82, 2.24) is 0 Å². The highest BCUT2D eigenvalue weighted by Crippen LogP contribution is 2.39. The Bertz CT molecular complexity index is 513. The first kappa shape index (κ1) is 12.4. The molecule has 0 bridgehead atoms. The molecule has 0 amide bonds. The Kier molecular flexibility index (Phi) is 2.92. The zero-order valence-electron chi connectivity index (χ0n) is 10.3. The van der Waals surface area contributed by atoms with Crippen LogP contribution in [0.4, 0.5) is 8.78 Å². The van der Waals surface area contributed by atoms with E-state index in [9.17, 15) is 13.6 Å². The van der Waals surface area contributed by atoms with Crippen LogP contribution in [0.2, 0.25) is 0 Å². The lowest BCUT2D eigenvalue weighted by molar-refractivity contribution is 0.00291. The smallest absolute Gasteiger partial charge is 0.248 e. The third kappa shape index (κ3) is 2.55. The second kappa shape index (κ2) is 4.47. The Morgan fingerprint density at radius 3 is 3.00 bits per heavy atom. The van der Waals surface area contributed by atoms with E-state index in [0.717, 1.165) is 0 Å². The lowest BCUT2D eigenvalue weighted by Gasteiger charge is -2.12. The van der Waals surface area contributed by atoms with Crippen LogP contribution in [0.3, 0.4) is 0 Å². The minimum Gasteiger partial charge on any atom is -0.493 e. The SMILES string of the molecule is O=C1COc2cc(OCC3CCC(F)(F)C3)ccc21. The van der Waals surface area contributed by atoms with Crippen LogP contribution in [0.15, 0.2) is 18.2 Å². The number of alkyl halides is 2. The van der Waals surface area contributed by atoms with Gasteiger partial charge in [-0.25, -0.2) is 8.78 Å². The number of carbonyl (C=O) groups is 1. The molecule has 1 aromatic rings. The molecular weight excluding hydrogens is 254 g/mol. The van der Waals surface area contributed by atoms with Crippen LogP contribution in [0.1, 0.15) is 29.6 Å². The lowest BCUT2D eigenvalue weighted by Crippen LogP contribution is -2.13. The quantitative estimate of drug-likeness (QED) is 0.845. The number of carbonyl (C=O) groups excluding carboxylic acids is 1. The van der Waals surface area contributed by atoms with Gasteiger partial charge in [-0.3, -0.25) is 4.79 Å². The molecule has 3 nitrogen and oxygen atoms in total. The van der Waals surface area contributed by atoms with Crippen molar-refractivity contribution in [1.29, 1.82) is 0 Å². The van der Waals surface area contributed by atoms with Gasteiger partial charge < -0.3 is 9.47 Å². The molecule has 0 radical (unpaired) electrons. The van der Waals surface area contributed by atoms with Gasteiger partial charge in [-0.05, 0) is 24.5 Å². The predicted molar refractivity (Wildman–Crippen MR) is 64.1 cm³/mol. The number of fused-ring (bicyclic) bond motifs is 1. The van der Waals surface area contributed by atoms with Gasteiger partial charge in [0.2, 0.25) is 11.7 Å². The van der Waals surface area contributed by atoms with Gasteiger partial charge in [0.1, 0.15) is 11.5 Å². The molecular formula is C14H14F2O3. The number of Topliss-reactive ketones (excluding diaryl/α,β-unsaturated/α-hetero) is 1. The van der Waals surface area contributed by atoms with Gasteiger partial charge in [-0.2, -0.15) is 0 Å². The van der Waals surface area contributed by atoms with Crippen molar-refractivity contribution in [3.8, 4) is 11.5 Å². The largest absolute Gasteiger partial charge is 0.493 e. The van der Waals surface area contributed by atoms with E-state index >= 15 is 0 Å². The molecule has 102 valence electrons. The third-order valence-corrected chi connectivity index (χ3v) is 3.60. The number of hydrogen-bond acceptors (Lipinski definition) is 3. The van der Waals surface area contributed by atoms with Crippen molar-refractivity contribution < 1.29 is 23.0 Å². The normalized spacial score (nSPS) is 24.1. The molecule has 0 N–H and O–H groups in total. The maximum atomic E-state index is 13.0. The van der Waals surface area contributed by atoms with Crippen LogP contribution < -0.4 is 9.47 Å². The van der Waals surface area contributed by atoms with Gasteiger partial charge in [0.15, 0.2) is 6.61 Å². The summed E-state index contributed by atoms with van der Waals surface area (Å²) < 4.78 is 36.8. The highest BCUT2D eigenvalue weighted by Gasteiger charge is 2.39. The first-order valence-electron chi connectivity index (χ1n) is 6.34. The van der Waals surface area contributed by atoms with E-state index < -0.39 is 5.92 Å². The van der Waals surface area contributed by atoms with Gasteiger partial charge in [0, 0.05) is 18.9 Å². The van der Waals surface area contributed by atoms with Crippen LogP contribution in [0.5, 0.6) is 11.5 Å². The molecule has 1 unspecified atom stereocenters. The molecule has 1 aliphatic carbocycles. The Morgan fingerprint density at radius 2 is 2.26 bits per heavy atom. The van der Waals surface area contributed by atoms with E-state index in [4.69, 9.17) is 9.47 Å². The van der Waals surface area contributed by atoms with E-state index in [1.807, 2.05) is 0 Å². The Morgan fingerprint density at radius 1 is 1.42 bits per heavy atom. The average molecular weight is 268 g/mol. The highest BCUT2D eigenvalue weighted by atomic mass is 19.3. The van der Waals surface area contributed by atoms with E-state index in [2.05, 4.69) is 0 Å². The second-order valence-electron chi connectivity index (χ2n) is 5.15. The molecule has 1 aromatic carbocycles. The zero-order valence-corrected chi connectivity index (χ0v) is 10.3. The summed E-state index contributed by atoms with van der Waals surface area (Å²) in [5, 5.41) is 0. The van der Waals surface area contributed by atoms with E-state index in [1.54, 1.807) is 18.2 Å². The highest BCUT2D eigenvalue weighted by molar-refractivity contribution is 6.02. The minimum atomic E-state index is -2.54. The molecule has 1 aliphatic heterocycles. The van der Waals surface area contributed by atoms with Crippen molar-refractivity contribution >= 4 is 5.78 Å². The molecule has 0 saturated heterocycles. The maximum absolute atomic E-state index is 13.0. The number of hydrogen-bond donors (Lipinski definition) is 0. The molecule has 1 atom stereocenters. The molecule has 0 spiro atoms. The van der Waals surface area contributed by atoms with Gasteiger partial charge >= 0.3 is 0 Å². The number of rotatable bonds is 3. The fourth-order valence-electron chi connectivity index (χ4n) is 2.56. The Labute approximate surface area is 109 Å². The van der Waals surface area contributed by atoms with Crippen LogP contribution in [0.25, 0.3) is 0 Å². The molecule has 1 heterocycles. The monoisotopic (exact) mass is 268 g/mol. The molecule has 2 aliphatic rings. The summed E-state index contributed by atoms with van der Waals surface area (Å²) in [6, 6.07) is 4.98. The molecule has 1 fully saturated rings. The lowest BCUT2D eigenvalue weighted by atomic mass is 10.1. The number of halogens is 2. The van der Waals surface area contributed by atoms with E-state index in [0.29, 0.717) is 23.5 Å².